The molecule has 0 N–H and O–H groups in total. The Hall–Kier alpha value is -3.10. The van der Waals surface area contributed by atoms with Crippen molar-refractivity contribution in [2.45, 2.75) is 32.9 Å². The number of rotatable bonds is 5. The number of methoxy groups -OCH3 is 1. The molecule has 0 aliphatic carbocycles. The number of amides is 1. The summed E-state index contributed by atoms with van der Waals surface area (Å²) >= 11 is 0. The van der Waals surface area contributed by atoms with E-state index >= 15 is 0 Å². The van der Waals surface area contributed by atoms with Crippen molar-refractivity contribution >= 4 is 17.1 Å². The maximum Gasteiger partial charge on any atom is 0.330 e. The molecule has 29 heavy (non-hydrogen) atoms. The van der Waals surface area contributed by atoms with Gasteiger partial charge in [-0.2, -0.15) is 0 Å². The quantitative estimate of drug-likeness (QED) is 0.650. The highest BCUT2D eigenvalue weighted by molar-refractivity contribution is 5.96. The highest BCUT2D eigenvalue weighted by Gasteiger charge is 2.28. The summed E-state index contributed by atoms with van der Waals surface area (Å²) in [5.74, 6) is 0.616. The van der Waals surface area contributed by atoms with Gasteiger partial charge in [0.15, 0.2) is 5.65 Å². The number of hydrogen-bond donors (Lipinski definition) is 0. The molecule has 1 aliphatic heterocycles. The van der Waals surface area contributed by atoms with E-state index < -0.39 is 0 Å². The predicted molar refractivity (Wildman–Crippen MR) is 108 cm³/mol. The molecule has 9 nitrogen and oxygen atoms in total. The third-order valence-corrected chi connectivity index (χ3v) is 5.65. The number of hydrogen-bond acceptors (Lipinski definition) is 5. The Labute approximate surface area is 168 Å². The van der Waals surface area contributed by atoms with Crippen LogP contribution in [0.25, 0.3) is 11.2 Å². The van der Waals surface area contributed by atoms with Crippen LogP contribution in [0.3, 0.4) is 0 Å². The van der Waals surface area contributed by atoms with Crippen molar-refractivity contribution in [2.75, 3.05) is 20.2 Å². The minimum atomic E-state index is -0.0604. The second kappa shape index (κ2) is 7.73. The van der Waals surface area contributed by atoms with E-state index in [-0.39, 0.29) is 11.6 Å². The Balaban J connectivity index is 1.47. The molecule has 3 aromatic rings. The van der Waals surface area contributed by atoms with Crippen molar-refractivity contribution in [2.24, 2.45) is 13.0 Å². The topological polar surface area (TPSA) is 87.2 Å². The zero-order valence-corrected chi connectivity index (χ0v) is 17.0. The van der Waals surface area contributed by atoms with E-state index in [1.165, 1.54) is 7.11 Å². The number of carbonyl (C=O) groups excluding carboxylic acids is 1. The summed E-state index contributed by atoms with van der Waals surface area (Å²) in [6.45, 7) is 4.51. The molecule has 154 valence electrons. The van der Waals surface area contributed by atoms with E-state index in [9.17, 15) is 9.59 Å². The molecular formula is C20H26N6O3. The van der Waals surface area contributed by atoms with Crippen molar-refractivity contribution in [1.29, 1.82) is 0 Å². The Kier molecular flexibility index (Phi) is 5.12. The van der Waals surface area contributed by atoms with E-state index in [1.54, 1.807) is 33.3 Å². The van der Waals surface area contributed by atoms with Gasteiger partial charge in [-0.05, 0) is 37.8 Å². The maximum atomic E-state index is 12.9. The summed E-state index contributed by atoms with van der Waals surface area (Å²) in [6.07, 6.45) is 5.09. The van der Waals surface area contributed by atoms with E-state index in [0.717, 1.165) is 24.0 Å². The molecule has 0 atom stereocenters. The van der Waals surface area contributed by atoms with Crippen molar-refractivity contribution in [1.82, 2.24) is 28.8 Å². The molecule has 3 aromatic heterocycles. The van der Waals surface area contributed by atoms with Crippen LogP contribution in [-0.2, 0) is 20.1 Å². The van der Waals surface area contributed by atoms with Crippen LogP contribution in [0, 0.1) is 5.92 Å². The molecule has 0 spiro atoms. The normalized spacial score (nSPS) is 15.2. The summed E-state index contributed by atoms with van der Waals surface area (Å²) in [7, 11) is 3.29. The Morgan fingerprint density at radius 1 is 1.28 bits per heavy atom. The van der Waals surface area contributed by atoms with Crippen LogP contribution in [-0.4, -0.2) is 54.9 Å². The van der Waals surface area contributed by atoms with Crippen LogP contribution < -0.4 is 10.4 Å². The van der Waals surface area contributed by atoms with Crippen molar-refractivity contribution in [3.63, 3.8) is 0 Å². The average Bonchev–Trinajstić information content (AvgIpc) is 3.25. The predicted octanol–water partition coefficient (Wildman–Crippen LogP) is 1.51. The van der Waals surface area contributed by atoms with Gasteiger partial charge in [0, 0.05) is 45.6 Å². The fourth-order valence-corrected chi connectivity index (χ4v) is 4.13. The first-order chi connectivity index (χ1) is 14.0. The third-order valence-electron chi connectivity index (χ3n) is 5.65. The molecule has 0 aromatic carbocycles. The van der Waals surface area contributed by atoms with E-state index in [4.69, 9.17) is 4.74 Å². The van der Waals surface area contributed by atoms with Gasteiger partial charge in [-0.25, -0.2) is 9.78 Å². The smallest absolute Gasteiger partial charge is 0.330 e. The second-order valence-electron chi connectivity index (χ2n) is 7.44. The van der Waals surface area contributed by atoms with Crippen LogP contribution in [0.1, 0.15) is 30.1 Å². The van der Waals surface area contributed by atoms with Gasteiger partial charge in [0.25, 0.3) is 5.91 Å². The first kappa shape index (κ1) is 19.2. The van der Waals surface area contributed by atoms with Gasteiger partial charge >= 0.3 is 5.69 Å². The van der Waals surface area contributed by atoms with Crippen LogP contribution in [0.5, 0.6) is 5.88 Å². The van der Waals surface area contributed by atoms with Crippen molar-refractivity contribution in [3.8, 4) is 5.88 Å². The first-order valence-electron chi connectivity index (χ1n) is 9.94. The summed E-state index contributed by atoms with van der Waals surface area (Å²) in [4.78, 5) is 31.9. The highest BCUT2D eigenvalue weighted by Crippen LogP contribution is 2.24. The van der Waals surface area contributed by atoms with Gasteiger partial charge in [0.05, 0.1) is 12.6 Å². The summed E-state index contributed by atoms with van der Waals surface area (Å²) in [6, 6.07) is 3.79. The van der Waals surface area contributed by atoms with Gasteiger partial charge in [-0.1, -0.05) is 0 Å². The fourth-order valence-electron chi connectivity index (χ4n) is 4.13. The number of pyridine rings is 1. The van der Waals surface area contributed by atoms with Crippen LogP contribution in [0.15, 0.2) is 29.3 Å². The SMILES string of the molecule is CCn1c(=O)n(CC2CCN(C(=O)c3cn(C)nc3OC)CC2)c2ncccc21. The lowest BCUT2D eigenvalue weighted by Gasteiger charge is -2.32. The lowest BCUT2D eigenvalue weighted by atomic mass is 9.96. The third kappa shape index (κ3) is 3.41. The molecule has 1 aliphatic rings. The Bertz CT molecular complexity index is 1090. The van der Waals surface area contributed by atoms with Crippen molar-refractivity contribution < 1.29 is 9.53 Å². The molecule has 0 bridgehead atoms. The molecule has 1 saturated heterocycles. The number of aromatic nitrogens is 5. The number of piperidine rings is 1. The van der Waals surface area contributed by atoms with Crippen LogP contribution in [0.2, 0.25) is 0 Å². The Morgan fingerprint density at radius 2 is 2.03 bits per heavy atom. The molecule has 0 unspecified atom stereocenters. The van der Waals surface area contributed by atoms with Crippen LogP contribution in [0.4, 0.5) is 0 Å². The molecule has 4 heterocycles. The molecule has 1 amide bonds. The lowest BCUT2D eigenvalue weighted by Crippen LogP contribution is -2.40. The van der Waals surface area contributed by atoms with E-state index in [2.05, 4.69) is 10.1 Å². The largest absolute Gasteiger partial charge is 0.479 e. The standard InChI is InChI=1S/C20H26N6O3/c1-4-25-16-6-5-9-21-17(16)26(20(25)28)12-14-7-10-24(11-8-14)19(27)15-13-23(2)22-18(15)29-3/h5-6,9,13-14H,4,7-8,10-12H2,1-3H3. The number of nitrogens with zero attached hydrogens (tertiary/aromatic N) is 6. The van der Waals surface area contributed by atoms with Gasteiger partial charge in [-0.3, -0.25) is 18.6 Å². The number of likely N-dealkylation sites (tertiary alicyclic amines) is 1. The summed E-state index contributed by atoms with van der Waals surface area (Å²) in [5, 5.41) is 4.16. The van der Waals surface area contributed by atoms with E-state index in [0.29, 0.717) is 43.5 Å². The molecule has 9 heteroatoms. The average molecular weight is 398 g/mol. The summed E-state index contributed by atoms with van der Waals surface area (Å²) in [5.41, 5.74) is 2.08. The second-order valence-corrected chi connectivity index (χ2v) is 7.44. The molecule has 0 radical (unpaired) electrons. The first-order valence-corrected chi connectivity index (χ1v) is 9.94. The minimum Gasteiger partial charge on any atom is -0.479 e. The monoisotopic (exact) mass is 398 g/mol. The minimum absolute atomic E-state index is 0.0141. The molecule has 4 rings (SSSR count). The highest BCUT2D eigenvalue weighted by atomic mass is 16.5. The van der Waals surface area contributed by atoms with Gasteiger partial charge < -0.3 is 9.64 Å². The number of aryl methyl sites for hydroxylation is 2. The maximum absolute atomic E-state index is 12.9. The number of fused-ring (bicyclic) bond motifs is 1. The van der Waals surface area contributed by atoms with Gasteiger partial charge in [-0.15, -0.1) is 5.10 Å². The fraction of sp³-hybridized carbons (Fsp3) is 0.500. The van der Waals surface area contributed by atoms with Gasteiger partial charge in [0.1, 0.15) is 5.56 Å². The zero-order chi connectivity index (χ0) is 20.5. The Morgan fingerprint density at radius 3 is 2.72 bits per heavy atom. The van der Waals surface area contributed by atoms with E-state index in [1.807, 2.05) is 24.0 Å². The summed E-state index contributed by atoms with van der Waals surface area (Å²) < 4.78 is 10.3. The lowest BCUT2D eigenvalue weighted by molar-refractivity contribution is 0.0679. The number of imidazole rings is 1. The molecule has 1 fully saturated rings. The van der Waals surface area contributed by atoms with Crippen LogP contribution >= 0.6 is 0 Å². The molecule has 0 saturated carbocycles. The number of ether oxygens (including phenoxy) is 1. The number of carbonyl (C=O) groups is 1. The molecular weight excluding hydrogens is 372 g/mol. The van der Waals surface area contributed by atoms with Crippen molar-refractivity contribution in [3.05, 3.63) is 40.6 Å². The van der Waals surface area contributed by atoms with Gasteiger partial charge in [0.2, 0.25) is 5.88 Å². The zero-order valence-electron chi connectivity index (χ0n) is 17.0.